The van der Waals surface area contributed by atoms with Crippen molar-refractivity contribution in [2.24, 2.45) is 0 Å². The number of nitrogens with one attached hydrogen (secondary N) is 2. The zero-order valence-electron chi connectivity index (χ0n) is 25.6. The van der Waals surface area contributed by atoms with Crippen molar-refractivity contribution in [3.63, 3.8) is 0 Å². The van der Waals surface area contributed by atoms with Crippen LogP contribution in [0.5, 0.6) is 0 Å². The van der Waals surface area contributed by atoms with Crippen LogP contribution in [0.25, 0.3) is 0 Å². The van der Waals surface area contributed by atoms with E-state index in [0.29, 0.717) is 0 Å². The van der Waals surface area contributed by atoms with E-state index in [2.05, 4.69) is 19.8 Å². The zero-order chi connectivity index (χ0) is 34.0. The molecular weight excluding hydrogens is 768 g/mol. The van der Waals surface area contributed by atoms with E-state index < -0.39 is 47.8 Å². The molecular formula is C22H36Fe2N4O21+4. The van der Waals surface area contributed by atoms with Crippen molar-refractivity contribution in [3.8, 4) is 0 Å². The summed E-state index contributed by atoms with van der Waals surface area (Å²) in [5.41, 5.74) is 2.43. The molecule has 0 saturated carbocycles. The summed E-state index contributed by atoms with van der Waals surface area (Å²) in [4.78, 5) is 81.5. The monoisotopic (exact) mass is 804 g/mol. The Labute approximate surface area is 296 Å². The summed E-state index contributed by atoms with van der Waals surface area (Å²) < 4.78 is 0. The molecule has 27 heteroatoms. The molecule has 0 unspecified atom stereocenters. The molecule has 2 aromatic rings. The van der Waals surface area contributed by atoms with E-state index in [1.54, 1.807) is 0 Å². The Bertz CT molecular complexity index is 986. The first-order valence-corrected chi connectivity index (χ1v) is 10.1. The average molecular weight is 804 g/mol. The van der Waals surface area contributed by atoms with Crippen molar-refractivity contribution in [3.05, 3.63) is 49.1 Å². The second-order valence-corrected chi connectivity index (χ2v) is 6.60. The summed E-state index contributed by atoms with van der Waals surface area (Å²) in [5, 5.41) is 71.4. The van der Waals surface area contributed by atoms with E-state index in [9.17, 15) is 0 Å². The Morgan fingerprint density at radius 1 is 0.408 bits per heavy atom. The number of carboxylic acids is 8. The molecule has 0 saturated heterocycles. The first-order chi connectivity index (χ1) is 19.2. The van der Waals surface area contributed by atoms with E-state index in [1.807, 2.05) is 77.2 Å². The van der Waals surface area contributed by atoms with Gasteiger partial charge in [0.05, 0.1) is 47.8 Å². The molecule has 0 aromatic carbocycles. The molecule has 0 aliphatic carbocycles. The minimum Gasteiger partial charge on any atom is -0.543 e. The van der Waals surface area contributed by atoms with Crippen molar-refractivity contribution < 1.29 is 151 Å². The van der Waals surface area contributed by atoms with Crippen molar-refractivity contribution >= 4 is 59.1 Å². The summed E-state index contributed by atoms with van der Waals surface area (Å²) in [5.74, 6) is -17.5. The minimum absolute atomic E-state index is 0. The number of aromatic amines is 2. The number of hydrogen-bond donors (Lipinski definition) is 0. The molecule has 2 aromatic heterocycles. The second-order valence-electron chi connectivity index (χ2n) is 6.60. The number of H-pyrrole nitrogens is 2. The van der Waals surface area contributed by atoms with Crippen LogP contribution in [-0.2, 0) is 94.4 Å². The van der Waals surface area contributed by atoms with E-state index in [-0.39, 0.29) is 61.5 Å². The number of carbonyl (C=O) groups is 8. The Balaban J connectivity index is -0.0000000386. The SMILES string of the molecule is CN(C)c1cc[nH+]cc1.CN(C)c1cc[nH+]cc1.O.O=C([O-])C(=O)[O-].O=C([O-])C(=O)[O-].O=C([O-])C(=O)[O-].O=C([O-])C(=O)[O-].[Fe+3].[Fe+3].[OH3+].[OH3+].[OH3+].[OH3+]. The van der Waals surface area contributed by atoms with Gasteiger partial charge >= 0.3 is 34.1 Å². The van der Waals surface area contributed by atoms with Crippen molar-refractivity contribution in [2.75, 3.05) is 38.0 Å². The van der Waals surface area contributed by atoms with Crippen LogP contribution in [0.1, 0.15) is 0 Å². The van der Waals surface area contributed by atoms with Crippen LogP contribution in [0.4, 0.5) is 11.4 Å². The summed E-state index contributed by atoms with van der Waals surface area (Å²) >= 11 is 0. The van der Waals surface area contributed by atoms with E-state index in [0.717, 1.165) is 0 Å². The Kier molecular flexibility index (Phi) is 67.7. The number of nitrogens with zero attached hydrogens (tertiary/aromatic N) is 2. The predicted molar refractivity (Wildman–Crippen MR) is 138 cm³/mol. The molecule has 0 atom stereocenters. The van der Waals surface area contributed by atoms with Gasteiger partial charge in [0.1, 0.15) is 0 Å². The van der Waals surface area contributed by atoms with Gasteiger partial charge in [0.2, 0.25) is 0 Å². The zero-order valence-corrected chi connectivity index (χ0v) is 27.8. The van der Waals surface area contributed by atoms with Crippen molar-refractivity contribution in [2.45, 2.75) is 0 Å². The van der Waals surface area contributed by atoms with Gasteiger partial charge in [-0.15, -0.1) is 0 Å². The maximum Gasteiger partial charge on any atom is 3.00 e. The maximum absolute atomic E-state index is 8.93. The van der Waals surface area contributed by atoms with Gasteiger partial charge in [-0.2, -0.15) is 0 Å². The van der Waals surface area contributed by atoms with Crippen LogP contribution in [-0.4, -0.2) is 81.4 Å². The quantitative estimate of drug-likeness (QED) is 0.154. The number of rotatable bonds is 2. The molecule has 2 rings (SSSR count). The van der Waals surface area contributed by atoms with Crippen LogP contribution < -0.4 is 60.6 Å². The number of carboxylic acid groups (broad SMARTS) is 8. The van der Waals surface area contributed by atoms with Gasteiger partial charge in [0.25, 0.3) is 0 Å². The molecule has 0 bridgehead atoms. The fraction of sp³-hybridized carbons (Fsp3) is 0.182. The predicted octanol–water partition coefficient (Wildman–Crippen LogP) is -17.4. The van der Waals surface area contributed by atoms with Gasteiger partial charge in [-0.05, 0) is 0 Å². The molecule has 2 radical (unpaired) electrons. The number of pyridine rings is 2. The molecule has 0 fully saturated rings. The van der Waals surface area contributed by atoms with Crippen LogP contribution in [0.3, 0.4) is 0 Å². The summed E-state index contributed by atoms with van der Waals surface area (Å²) in [6.07, 6.45) is 7.65. The van der Waals surface area contributed by atoms with Crippen LogP contribution >= 0.6 is 0 Å². The normalized spacial score (nSPS) is 6.94. The Hall–Kier alpha value is -5.50. The van der Waals surface area contributed by atoms with Gasteiger partial charge < -0.3 is 116 Å². The third-order valence-corrected chi connectivity index (χ3v) is 3.10. The third-order valence-electron chi connectivity index (χ3n) is 3.10. The molecule has 25 nitrogen and oxygen atoms in total. The van der Waals surface area contributed by atoms with Gasteiger partial charge in [-0.1, -0.05) is 0 Å². The smallest absolute Gasteiger partial charge is 0.543 e. The van der Waals surface area contributed by atoms with Crippen LogP contribution in [0.2, 0.25) is 0 Å². The summed E-state index contributed by atoms with van der Waals surface area (Å²) in [7, 11) is 8.09. The topological polar surface area (TPSA) is 519 Å². The van der Waals surface area contributed by atoms with Crippen molar-refractivity contribution in [1.29, 1.82) is 0 Å². The molecule has 49 heavy (non-hydrogen) atoms. The van der Waals surface area contributed by atoms with E-state index >= 15 is 0 Å². The summed E-state index contributed by atoms with van der Waals surface area (Å²) in [6.45, 7) is 0. The van der Waals surface area contributed by atoms with Crippen LogP contribution in [0, 0.1) is 0 Å². The first-order valence-electron chi connectivity index (χ1n) is 10.1. The second kappa shape index (κ2) is 44.6. The third kappa shape index (κ3) is 58.6. The van der Waals surface area contributed by atoms with Gasteiger partial charge in [-0.25, -0.2) is 9.97 Å². The average Bonchev–Trinajstić information content (AvgIpc) is 2.91. The molecule has 0 amide bonds. The molecule has 2 heterocycles. The molecule has 282 valence electrons. The Morgan fingerprint density at radius 3 is 0.592 bits per heavy atom. The number of anilines is 2. The van der Waals surface area contributed by atoms with Gasteiger partial charge in [0.15, 0.2) is 24.8 Å². The maximum atomic E-state index is 8.93. The minimum atomic E-state index is -2.19. The van der Waals surface area contributed by atoms with E-state index in [1.165, 1.54) is 11.4 Å². The summed E-state index contributed by atoms with van der Waals surface area (Å²) in [6, 6.07) is 8.11. The van der Waals surface area contributed by atoms with Gasteiger partial charge in [-0.3, -0.25) is 0 Å². The number of aliphatic carboxylic acids is 8. The number of carbonyl (C=O) groups excluding carboxylic acids is 8. The number of aromatic nitrogens is 2. The Morgan fingerprint density at radius 2 is 0.531 bits per heavy atom. The largest absolute Gasteiger partial charge is 3.00 e. The molecule has 16 N–H and O–H groups in total. The molecule has 0 aliphatic heterocycles. The van der Waals surface area contributed by atoms with E-state index in [4.69, 9.17) is 79.2 Å². The standard InChI is InChI=1S/2C7H10N2.4C2H2O4.2Fe.5H2O/c2*1-9(2)7-3-5-8-6-4-7;4*3-1(4)2(5)6;;;;;;;/h2*3-6H,1-2H3;4*(H,3,4)(H,5,6);;;5*1H2/q;;;;;;2*+3;;;;;/p-2. The number of hydrogen-bond acceptors (Lipinski definition) is 18. The molecule has 0 spiro atoms. The fourth-order valence-electron chi connectivity index (χ4n) is 1.35. The first kappa shape index (κ1) is 74.4. The van der Waals surface area contributed by atoms with Gasteiger partial charge in [0, 0.05) is 63.8 Å². The fourth-order valence-corrected chi connectivity index (χ4v) is 1.35. The molecule has 0 aliphatic rings. The van der Waals surface area contributed by atoms with Crippen molar-refractivity contribution in [1.82, 2.24) is 0 Å². The van der Waals surface area contributed by atoms with Crippen LogP contribution in [0.15, 0.2) is 49.1 Å².